The van der Waals surface area contributed by atoms with E-state index in [0.717, 1.165) is 116 Å². The molecule has 0 spiro atoms. The van der Waals surface area contributed by atoms with Crippen molar-refractivity contribution in [3.63, 3.8) is 0 Å². The van der Waals surface area contributed by atoms with Crippen molar-refractivity contribution in [1.82, 2.24) is 0 Å². The molecule has 0 aliphatic carbocycles. The number of carbonyl (C=O) groups excluding carboxylic acids is 4. The molecule has 0 aliphatic rings. The van der Waals surface area contributed by atoms with Crippen LogP contribution in [0.3, 0.4) is 0 Å². The molecule has 85 heavy (non-hydrogen) atoms. The molecule has 0 saturated heterocycles. The minimum atomic E-state index is -1.22. The third-order valence-electron chi connectivity index (χ3n) is 17.4. The van der Waals surface area contributed by atoms with E-state index in [1.807, 2.05) is 0 Å². The Morgan fingerprint density at radius 1 is 0.212 bits per heavy atom. The first-order chi connectivity index (χ1) is 41.8. The lowest BCUT2D eigenvalue weighted by atomic mass is 9.92. The van der Waals surface area contributed by atoms with Crippen LogP contribution in [-0.4, -0.2) is 50.3 Å². The Kier molecular flexibility index (Phi) is 66.7. The zero-order valence-corrected chi connectivity index (χ0v) is 57.3. The molecule has 0 aromatic carbocycles. The second-order valence-corrected chi connectivity index (χ2v) is 26.2. The van der Waals surface area contributed by atoms with E-state index < -0.39 is 5.41 Å². The monoisotopic (exact) mass is 1200 g/mol. The molecule has 0 rings (SSSR count). The molecule has 0 heterocycles. The Balaban J connectivity index is 5.46. The molecule has 0 aliphatic heterocycles. The van der Waals surface area contributed by atoms with Gasteiger partial charge in [0.05, 0.1) is 0 Å². The van der Waals surface area contributed by atoms with Crippen molar-refractivity contribution >= 4 is 23.9 Å². The SMILES string of the molecule is CCCCCCCC/C=C\CCCCCCCC(=O)OCC(COC(=O)CCCCCCC/C=C\CCCCCCCC)(COC(=O)CCCCCCCCCCCCCCCCC)COC(=O)CCCCCCCCCCCCCCCCC. The molecule has 8 heteroatoms. The van der Waals surface area contributed by atoms with Gasteiger partial charge in [-0.1, -0.05) is 335 Å². The van der Waals surface area contributed by atoms with Crippen LogP contribution < -0.4 is 0 Å². The summed E-state index contributed by atoms with van der Waals surface area (Å²) in [5.74, 6) is -1.34. The van der Waals surface area contributed by atoms with Crippen LogP contribution >= 0.6 is 0 Å². The minimum absolute atomic E-state index is 0.168. The Labute approximate surface area is 528 Å². The van der Waals surface area contributed by atoms with Gasteiger partial charge in [0.25, 0.3) is 0 Å². The maximum atomic E-state index is 13.4. The summed E-state index contributed by atoms with van der Waals surface area (Å²) >= 11 is 0. The average Bonchev–Trinajstić information content (AvgIpc) is 3.60. The molecule has 0 bridgehead atoms. The van der Waals surface area contributed by atoms with Crippen molar-refractivity contribution in [1.29, 1.82) is 0 Å². The van der Waals surface area contributed by atoms with Crippen molar-refractivity contribution in [2.75, 3.05) is 26.4 Å². The average molecular weight is 1200 g/mol. The molecule has 0 aromatic rings. The van der Waals surface area contributed by atoms with E-state index in [2.05, 4.69) is 52.0 Å². The van der Waals surface area contributed by atoms with E-state index in [4.69, 9.17) is 18.9 Å². The maximum absolute atomic E-state index is 13.4. The number of carbonyl (C=O) groups is 4. The van der Waals surface area contributed by atoms with Crippen molar-refractivity contribution in [3.8, 4) is 0 Å². The van der Waals surface area contributed by atoms with Gasteiger partial charge in [-0.05, 0) is 77.0 Å². The minimum Gasteiger partial charge on any atom is -0.465 e. The van der Waals surface area contributed by atoms with Gasteiger partial charge in [-0.3, -0.25) is 19.2 Å². The quantitative estimate of drug-likeness (QED) is 0.0257. The highest BCUT2D eigenvalue weighted by atomic mass is 16.6. The third-order valence-corrected chi connectivity index (χ3v) is 17.4. The predicted molar refractivity (Wildman–Crippen MR) is 364 cm³/mol. The van der Waals surface area contributed by atoms with Crippen LogP contribution in [-0.2, 0) is 38.1 Å². The summed E-state index contributed by atoms with van der Waals surface area (Å²) in [4.78, 5) is 53.5. The Morgan fingerprint density at radius 2 is 0.353 bits per heavy atom. The zero-order valence-electron chi connectivity index (χ0n) is 57.3. The van der Waals surface area contributed by atoms with Gasteiger partial charge in [0.2, 0.25) is 0 Å². The molecule has 0 saturated carbocycles. The molecular weight excluding hydrogens is 1050 g/mol. The molecule has 0 aromatic heterocycles. The molecule has 0 amide bonds. The highest BCUT2D eigenvalue weighted by Crippen LogP contribution is 2.25. The van der Waals surface area contributed by atoms with E-state index >= 15 is 0 Å². The van der Waals surface area contributed by atoms with Crippen LogP contribution in [0.2, 0.25) is 0 Å². The first-order valence-corrected chi connectivity index (χ1v) is 37.7. The van der Waals surface area contributed by atoms with Gasteiger partial charge < -0.3 is 18.9 Å². The normalized spacial score (nSPS) is 11.8. The smallest absolute Gasteiger partial charge is 0.305 e. The highest BCUT2D eigenvalue weighted by Gasteiger charge is 2.38. The third kappa shape index (κ3) is 64.2. The van der Waals surface area contributed by atoms with Crippen molar-refractivity contribution in [3.05, 3.63) is 24.3 Å². The maximum Gasteiger partial charge on any atom is 0.305 e. The molecule has 0 atom stereocenters. The van der Waals surface area contributed by atoms with Gasteiger partial charge in [0.15, 0.2) is 0 Å². The van der Waals surface area contributed by atoms with E-state index in [0.29, 0.717) is 0 Å². The number of allylic oxidation sites excluding steroid dienone is 4. The first kappa shape index (κ1) is 82.4. The lowest BCUT2D eigenvalue weighted by Crippen LogP contribution is -2.44. The Morgan fingerprint density at radius 3 is 0.518 bits per heavy atom. The van der Waals surface area contributed by atoms with Gasteiger partial charge in [-0.2, -0.15) is 0 Å². The fraction of sp³-hybridized carbons (Fsp3) is 0.896. The predicted octanol–water partition coefficient (Wildman–Crippen LogP) is 24.7. The summed E-state index contributed by atoms with van der Waals surface area (Å²) in [5, 5.41) is 0. The van der Waals surface area contributed by atoms with E-state index in [9.17, 15) is 19.2 Å². The number of hydrogen-bond donors (Lipinski definition) is 0. The summed E-state index contributed by atoms with van der Waals surface area (Å²) in [7, 11) is 0. The topological polar surface area (TPSA) is 105 Å². The fourth-order valence-corrected chi connectivity index (χ4v) is 11.4. The summed E-state index contributed by atoms with van der Waals surface area (Å²) in [6, 6.07) is 0. The van der Waals surface area contributed by atoms with Crippen molar-refractivity contribution in [2.45, 2.75) is 413 Å². The molecule has 0 N–H and O–H groups in total. The molecule has 0 unspecified atom stereocenters. The van der Waals surface area contributed by atoms with Crippen LogP contribution in [0.1, 0.15) is 413 Å². The van der Waals surface area contributed by atoms with Crippen LogP contribution in [0, 0.1) is 5.41 Å². The number of unbranched alkanes of at least 4 members (excludes halogenated alkanes) is 50. The van der Waals surface area contributed by atoms with Gasteiger partial charge in [-0.15, -0.1) is 0 Å². The fourth-order valence-electron chi connectivity index (χ4n) is 11.4. The number of rotatable bonds is 70. The standard InChI is InChI=1S/C77H144O8/c1-5-9-13-17-21-25-29-33-37-41-45-49-53-57-61-65-73(78)82-69-77(70-83-74(79)66-62-58-54-50-46-42-38-34-30-26-22-18-14-10-6-2,71-84-75(80)67-63-59-55-51-47-43-39-35-31-27-23-19-15-11-7-3)72-85-76(81)68-64-60-56-52-48-44-40-36-32-28-24-20-16-12-8-4/h33-34,37-38H,5-32,35-36,39-72H2,1-4H3/b37-33-,38-34-. The van der Waals surface area contributed by atoms with Gasteiger partial charge in [-0.25, -0.2) is 0 Å². The van der Waals surface area contributed by atoms with Gasteiger partial charge in [0, 0.05) is 25.7 Å². The van der Waals surface area contributed by atoms with Gasteiger partial charge >= 0.3 is 23.9 Å². The van der Waals surface area contributed by atoms with E-state index in [-0.39, 0.29) is 76.0 Å². The molecule has 500 valence electrons. The van der Waals surface area contributed by atoms with E-state index in [1.165, 1.54) is 244 Å². The largest absolute Gasteiger partial charge is 0.465 e. The summed E-state index contributed by atoms with van der Waals surface area (Å²) in [5.41, 5.74) is -1.22. The summed E-state index contributed by atoms with van der Waals surface area (Å²) in [6.07, 6.45) is 78.6. The van der Waals surface area contributed by atoms with Crippen LogP contribution in [0.15, 0.2) is 24.3 Å². The molecule has 0 fully saturated rings. The number of hydrogen-bond acceptors (Lipinski definition) is 8. The van der Waals surface area contributed by atoms with E-state index in [1.54, 1.807) is 0 Å². The second kappa shape index (κ2) is 68.8. The first-order valence-electron chi connectivity index (χ1n) is 37.7. The second-order valence-electron chi connectivity index (χ2n) is 26.2. The summed E-state index contributed by atoms with van der Waals surface area (Å²) < 4.78 is 23.9. The highest BCUT2D eigenvalue weighted by molar-refractivity contribution is 5.71. The summed E-state index contributed by atoms with van der Waals surface area (Å²) in [6.45, 7) is 8.40. The number of ether oxygens (including phenoxy) is 4. The van der Waals surface area contributed by atoms with Crippen LogP contribution in [0.25, 0.3) is 0 Å². The lowest BCUT2D eigenvalue weighted by Gasteiger charge is -2.31. The van der Waals surface area contributed by atoms with Gasteiger partial charge in [0.1, 0.15) is 31.8 Å². The Hall–Kier alpha value is -2.64. The lowest BCUT2D eigenvalue weighted by molar-refractivity contribution is -0.170. The molecular formula is C77H144O8. The Bertz CT molecular complexity index is 1360. The molecule has 8 nitrogen and oxygen atoms in total. The van der Waals surface area contributed by atoms with Crippen molar-refractivity contribution in [2.24, 2.45) is 5.41 Å². The zero-order chi connectivity index (χ0) is 61.7. The van der Waals surface area contributed by atoms with Crippen LogP contribution in [0.5, 0.6) is 0 Å². The van der Waals surface area contributed by atoms with Crippen molar-refractivity contribution < 1.29 is 38.1 Å². The number of esters is 4. The molecule has 0 radical (unpaired) electrons. The van der Waals surface area contributed by atoms with Crippen LogP contribution in [0.4, 0.5) is 0 Å².